The Hall–Kier alpha value is -3.64. The molecule has 1 amide bonds. The number of rotatable bonds is 13. The van der Waals surface area contributed by atoms with Gasteiger partial charge in [-0.25, -0.2) is 9.78 Å². The number of anilines is 1. The summed E-state index contributed by atoms with van der Waals surface area (Å²) in [6.45, 7) is 13.8. The number of hydrogen-bond donors (Lipinski definition) is 1. The first-order chi connectivity index (χ1) is 19.8. The quantitative estimate of drug-likeness (QED) is 0.118. The molecule has 0 aliphatic heterocycles. The number of allylic oxidation sites excluding steroid dienone is 2. The van der Waals surface area contributed by atoms with Gasteiger partial charge in [0, 0.05) is 5.75 Å². The lowest BCUT2D eigenvalue weighted by molar-refractivity contribution is -0.299. The Bertz CT molecular complexity index is 1370. The number of nitrogens with one attached hydrogen (secondary N) is 1. The number of hydrogen-bond acceptors (Lipinski definition) is 8. The fraction of sp³-hybridized carbons (Fsp3) is 0.400. The van der Waals surface area contributed by atoms with Crippen molar-refractivity contribution in [2.24, 2.45) is 0 Å². The topological polar surface area (TPSA) is 99.4 Å². The van der Waals surface area contributed by atoms with Gasteiger partial charge in [0.15, 0.2) is 5.69 Å². The van der Waals surface area contributed by atoms with Crippen LogP contribution in [0.25, 0.3) is 11.6 Å². The monoisotopic (exact) mass is 604 g/mol. The van der Waals surface area contributed by atoms with E-state index in [9.17, 15) is 18.0 Å². The normalized spacial score (nSPS) is 13.3. The fourth-order valence-electron chi connectivity index (χ4n) is 3.81. The molecule has 0 fully saturated rings. The van der Waals surface area contributed by atoms with Crippen molar-refractivity contribution in [1.82, 2.24) is 15.2 Å². The third-order valence-electron chi connectivity index (χ3n) is 5.82. The molecule has 2 aromatic heterocycles. The van der Waals surface area contributed by atoms with Crippen LogP contribution in [-0.4, -0.2) is 38.8 Å². The number of alkyl halides is 3. The number of thioether (sulfide) groups is 1. The highest BCUT2D eigenvalue weighted by molar-refractivity contribution is 7.99. The zero-order chi connectivity index (χ0) is 31.0. The average molecular weight is 605 g/mol. The summed E-state index contributed by atoms with van der Waals surface area (Å²) >= 11 is 1.42. The van der Waals surface area contributed by atoms with Crippen LogP contribution in [0.5, 0.6) is 0 Å². The molecule has 8 nitrogen and oxygen atoms in total. The highest BCUT2D eigenvalue weighted by atomic mass is 32.2. The molecule has 12 heteroatoms. The summed E-state index contributed by atoms with van der Waals surface area (Å²) in [5, 5.41) is 10.9. The maximum absolute atomic E-state index is 14.8. The van der Waals surface area contributed by atoms with Gasteiger partial charge in [-0.2, -0.15) is 13.2 Å². The molecule has 0 unspecified atom stereocenters. The highest BCUT2D eigenvalue weighted by Crippen LogP contribution is 2.46. The molecule has 0 saturated heterocycles. The molecule has 0 aliphatic rings. The van der Waals surface area contributed by atoms with E-state index in [1.54, 1.807) is 70.2 Å². The first-order valence-corrected chi connectivity index (χ1v) is 14.2. The maximum atomic E-state index is 14.8. The predicted octanol–water partition coefficient (Wildman–Crippen LogP) is 8.40. The first-order valence-electron chi connectivity index (χ1n) is 13.2. The number of aromatic nitrogens is 3. The molecule has 2 heterocycles. The van der Waals surface area contributed by atoms with Crippen LogP contribution in [0, 0.1) is 6.92 Å². The molecule has 1 atom stereocenters. The minimum atomic E-state index is -4.92. The van der Waals surface area contributed by atoms with Gasteiger partial charge >= 0.3 is 12.3 Å². The van der Waals surface area contributed by atoms with Gasteiger partial charge in [0.25, 0.3) is 11.8 Å². The number of aryl methyl sites for hydroxylation is 1. The van der Waals surface area contributed by atoms with Crippen molar-refractivity contribution in [3.8, 4) is 11.6 Å². The van der Waals surface area contributed by atoms with Crippen LogP contribution >= 0.6 is 11.8 Å². The van der Waals surface area contributed by atoms with Gasteiger partial charge in [-0.1, -0.05) is 42.5 Å². The predicted molar refractivity (Wildman–Crippen MR) is 156 cm³/mol. The van der Waals surface area contributed by atoms with E-state index in [-0.39, 0.29) is 30.3 Å². The van der Waals surface area contributed by atoms with Crippen LogP contribution in [0.3, 0.4) is 0 Å². The lowest BCUT2D eigenvalue weighted by Gasteiger charge is -2.32. The second-order valence-corrected chi connectivity index (χ2v) is 11.5. The van der Waals surface area contributed by atoms with E-state index in [0.29, 0.717) is 22.8 Å². The van der Waals surface area contributed by atoms with Crippen molar-refractivity contribution in [3.05, 3.63) is 78.7 Å². The number of ether oxygens (including phenoxy) is 2. The molecule has 0 spiro atoms. The Balaban J connectivity index is 2.10. The van der Waals surface area contributed by atoms with Crippen molar-refractivity contribution in [2.75, 3.05) is 11.1 Å². The SMILES string of the molecule is C=CCCSc1nc(-c2nnc([C@@](CCC=C)(OCc3ccccc3)C(F)(F)F)o2)c(NC(=O)OC(C)(C)C)cc1C. The molecular formula is C30H35F3N4O4S. The van der Waals surface area contributed by atoms with Crippen molar-refractivity contribution < 1.29 is 31.9 Å². The van der Waals surface area contributed by atoms with Gasteiger partial charge in [-0.3, -0.25) is 5.32 Å². The van der Waals surface area contributed by atoms with Crippen LogP contribution < -0.4 is 5.32 Å². The molecule has 1 N–H and O–H groups in total. The van der Waals surface area contributed by atoms with E-state index in [1.165, 1.54) is 17.8 Å². The fourth-order valence-corrected chi connectivity index (χ4v) is 4.73. The first kappa shape index (κ1) is 32.9. The lowest BCUT2D eigenvalue weighted by Crippen LogP contribution is -2.45. The zero-order valence-electron chi connectivity index (χ0n) is 24.1. The number of carbonyl (C=O) groups excluding carboxylic acids is 1. The van der Waals surface area contributed by atoms with Gasteiger partial charge in [0.1, 0.15) is 10.6 Å². The molecule has 0 radical (unpaired) electrons. The standard InChI is InChI=1S/C30H35F3N4O4S/c1-7-9-16-29(30(31,32)33,39-19-21-14-12-11-13-15-21)26-37-36-24(40-26)23-22(34-27(38)41-28(4,5)6)18-20(3)25(35-23)42-17-10-8-2/h7-8,11-15,18H,1-2,9-10,16-17,19H2,3-6H3,(H,34,38)/t29-/m1/s1. The van der Waals surface area contributed by atoms with E-state index in [4.69, 9.17) is 13.9 Å². The van der Waals surface area contributed by atoms with E-state index in [0.717, 1.165) is 5.56 Å². The number of halogens is 3. The number of benzene rings is 1. The Morgan fingerprint density at radius 2 is 1.79 bits per heavy atom. The second kappa shape index (κ2) is 14.0. The second-order valence-electron chi connectivity index (χ2n) is 10.4. The summed E-state index contributed by atoms with van der Waals surface area (Å²) < 4.78 is 61.1. The summed E-state index contributed by atoms with van der Waals surface area (Å²) in [6, 6.07) is 10.1. The Labute approximate surface area is 247 Å². The molecule has 0 aliphatic carbocycles. The number of carbonyl (C=O) groups is 1. The minimum Gasteiger partial charge on any atom is -0.444 e. The van der Waals surface area contributed by atoms with Gasteiger partial charge in [0.05, 0.1) is 12.3 Å². The summed E-state index contributed by atoms with van der Waals surface area (Å²) in [5.41, 5.74) is -2.32. The largest absolute Gasteiger partial charge is 0.444 e. The summed E-state index contributed by atoms with van der Waals surface area (Å²) in [5.74, 6) is -0.442. The van der Waals surface area contributed by atoms with Crippen molar-refractivity contribution in [2.45, 2.75) is 76.0 Å². The van der Waals surface area contributed by atoms with Gasteiger partial charge in [-0.15, -0.1) is 35.1 Å². The maximum Gasteiger partial charge on any atom is 0.426 e. The third kappa shape index (κ3) is 8.45. The van der Waals surface area contributed by atoms with Crippen LogP contribution in [0.1, 0.15) is 57.1 Å². The molecule has 3 rings (SSSR count). The summed E-state index contributed by atoms with van der Waals surface area (Å²) in [4.78, 5) is 17.2. The number of nitrogens with zero attached hydrogens (tertiary/aromatic N) is 3. The van der Waals surface area contributed by atoms with Gasteiger partial charge in [0.2, 0.25) is 5.60 Å². The Morgan fingerprint density at radius 3 is 2.40 bits per heavy atom. The Morgan fingerprint density at radius 1 is 1.10 bits per heavy atom. The number of amides is 1. The van der Waals surface area contributed by atoms with Crippen LogP contribution in [0.2, 0.25) is 0 Å². The Kier molecular flexibility index (Phi) is 11.0. The van der Waals surface area contributed by atoms with E-state index in [2.05, 4.69) is 33.7 Å². The molecule has 3 aromatic rings. The summed E-state index contributed by atoms with van der Waals surface area (Å²) in [6.07, 6.45) is -2.44. The molecule has 1 aromatic carbocycles. The van der Waals surface area contributed by atoms with Crippen molar-refractivity contribution in [1.29, 1.82) is 0 Å². The van der Waals surface area contributed by atoms with E-state index >= 15 is 0 Å². The molecular weight excluding hydrogens is 569 g/mol. The van der Waals surface area contributed by atoms with Crippen LogP contribution in [0.15, 0.2) is 71.2 Å². The van der Waals surface area contributed by atoms with Crippen LogP contribution in [-0.2, 0) is 21.7 Å². The van der Waals surface area contributed by atoms with Gasteiger partial charge in [-0.05, 0) is 64.2 Å². The third-order valence-corrected chi connectivity index (χ3v) is 6.95. The molecule has 226 valence electrons. The van der Waals surface area contributed by atoms with Crippen molar-refractivity contribution in [3.63, 3.8) is 0 Å². The zero-order valence-corrected chi connectivity index (χ0v) is 24.9. The van der Waals surface area contributed by atoms with Crippen LogP contribution in [0.4, 0.5) is 23.7 Å². The summed E-state index contributed by atoms with van der Waals surface area (Å²) in [7, 11) is 0. The van der Waals surface area contributed by atoms with Crippen molar-refractivity contribution >= 4 is 23.5 Å². The molecule has 0 saturated carbocycles. The van der Waals surface area contributed by atoms with E-state index in [1.807, 2.05) is 0 Å². The minimum absolute atomic E-state index is 0.00540. The highest BCUT2D eigenvalue weighted by Gasteiger charge is 2.61. The molecule has 42 heavy (non-hydrogen) atoms. The van der Waals surface area contributed by atoms with E-state index < -0.39 is 35.8 Å². The van der Waals surface area contributed by atoms with Gasteiger partial charge < -0.3 is 13.9 Å². The smallest absolute Gasteiger partial charge is 0.426 e. The number of pyridine rings is 1. The average Bonchev–Trinajstić information content (AvgIpc) is 3.39. The molecule has 0 bridgehead atoms. The lowest BCUT2D eigenvalue weighted by atomic mass is 9.96.